The molecule has 2 aromatic rings. The molecule has 0 bridgehead atoms. The number of hydroxylamine groups is 1. The number of nitrogens with one attached hydrogen (secondary N) is 1. The summed E-state index contributed by atoms with van der Waals surface area (Å²) in [5, 5.41) is 1.13. The van der Waals surface area contributed by atoms with E-state index < -0.39 is 0 Å². The van der Waals surface area contributed by atoms with Crippen molar-refractivity contribution in [3.8, 4) is 0 Å². The van der Waals surface area contributed by atoms with Gasteiger partial charge in [0.1, 0.15) is 6.45 Å². The molecule has 0 radical (unpaired) electrons. The summed E-state index contributed by atoms with van der Waals surface area (Å²) in [6.07, 6.45) is 4.84. The maximum Gasteiger partial charge on any atom is 0.337 e. The highest BCUT2D eigenvalue weighted by Gasteiger charge is 2.39. The molecule has 12 heteroatoms. The van der Waals surface area contributed by atoms with Crippen molar-refractivity contribution in [1.82, 2.24) is 14.1 Å². The third-order valence-corrected chi connectivity index (χ3v) is 8.02. The molecular weight excluding hydrogens is 667 g/mol. The Labute approximate surface area is 247 Å². The van der Waals surface area contributed by atoms with Gasteiger partial charge in [0.25, 0.3) is 0 Å². The molecule has 1 fully saturated rings. The minimum absolute atomic E-state index is 0.288. The number of hydrogen-bond acceptors (Lipinski definition) is 7. The molecule has 1 amide bonds. The quantitative estimate of drug-likeness (QED) is 0.0537. The van der Waals surface area contributed by atoms with Crippen LogP contribution in [0.25, 0.3) is 0 Å². The first-order valence-electron chi connectivity index (χ1n) is 11.7. The SMILES string of the molecule is CCOC(=O)C1=CN(Cc2ccc(C)cc2)SN(CC2CC2)C1c1ccc(Cl)cc1Cl.O=CNOPI. The van der Waals surface area contributed by atoms with Gasteiger partial charge in [0.05, 0.1) is 24.8 Å². The van der Waals surface area contributed by atoms with Gasteiger partial charge >= 0.3 is 5.97 Å². The number of hydrogen-bond donors (Lipinski definition) is 1. The van der Waals surface area contributed by atoms with E-state index >= 15 is 0 Å². The molecule has 2 aromatic carbocycles. The Morgan fingerprint density at radius 3 is 2.54 bits per heavy atom. The number of esters is 1. The lowest BCUT2D eigenvalue weighted by molar-refractivity contribution is -0.139. The first-order chi connectivity index (χ1) is 17.9. The molecule has 0 saturated heterocycles. The van der Waals surface area contributed by atoms with E-state index in [4.69, 9.17) is 27.9 Å². The van der Waals surface area contributed by atoms with Crippen molar-refractivity contribution < 1.29 is 19.0 Å². The molecule has 37 heavy (non-hydrogen) atoms. The monoisotopic (exact) mass is 695 g/mol. The maximum atomic E-state index is 13.0. The number of halogens is 3. The van der Waals surface area contributed by atoms with E-state index in [2.05, 4.69) is 44.4 Å². The molecule has 0 aromatic heterocycles. The van der Waals surface area contributed by atoms with Crippen LogP contribution in [0.1, 0.15) is 42.5 Å². The van der Waals surface area contributed by atoms with Gasteiger partial charge in [0, 0.05) is 34.9 Å². The summed E-state index contributed by atoms with van der Waals surface area (Å²) >= 11 is 16.4. The number of carbonyl (C=O) groups excluding carboxylic acids is 2. The number of amides is 1. The van der Waals surface area contributed by atoms with Gasteiger partial charge in [0.2, 0.25) is 6.41 Å². The van der Waals surface area contributed by atoms with E-state index in [0.717, 1.165) is 12.1 Å². The molecule has 4 rings (SSSR count). The Morgan fingerprint density at radius 2 is 1.97 bits per heavy atom. The van der Waals surface area contributed by atoms with Crippen LogP contribution in [0.4, 0.5) is 0 Å². The van der Waals surface area contributed by atoms with E-state index in [1.54, 1.807) is 18.2 Å². The highest BCUT2D eigenvalue weighted by atomic mass is 127. The zero-order chi connectivity index (χ0) is 26.8. The normalized spacial score (nSPS) is 17.7. The second-order valence-corrected chi connectivity index (χ2v) is 12.1. The summed E-state index contributed by atoms with van der Waals surface area (Å²) in [5.41, 5.74) is 5.90. The minimum Gasteiger partial charge on any atom is -0.463 e. The van der Waals surface area contributed by atoms with Crippen LogP contribution >= 0.6 is 63.8 Å². The molecule has 7 nitrogen and oxygen atoms in total. The molecule has 1 aliphatic heterocycles. The lowest BCUT2D eigenvalue weighted by atomic mass is 9.98. The molecule has 1 N–H and O–H groups in total. The van der Waals surface area contributed by atoms with Gasteiger partial charge in [-0.25, -0.2) is 19.2 Å². The zero-order valence-corrected chi connectivity index (χ0v) is 25.9. The van der Waals surface area contributed by atoms with E-state index in [9.17, 15) is 9.59 Å². The van der Waals surface area contributed by atoms with Gasteiger partial charge in [-0.1, -0.05) is 59.1 Å². The summed E-state index contributed by atoms with van der Waals surface area (Å²) in [6, 6.07) is 13.7. The van der Waals surface area contributed by atoms with Crippen LogP contribution in [0, 0.1) is 12.8 Å². The Morgan fingerprint density at radius 1 is 1.24 bits per heavy atom. The Kier molecular flexibility index (Phi) is 12.8. The van der Waals surface area contributed by atoms with Gasteiger partial charge in [-0.3, -0.25) is 4.79 Å². The van der Waals surface area contributed by atoms with E-state index in [1.165, 1.54) is 24.0 Å². The molecule has 200 valence electrons. The van der Waals surface area contributed by atoms with Gasteiger partial charge in [-0.05, 0) is 77.9 Å². The largest absolute Gasteiger partial charge is 0.463 e. The first kappa shape index (κ1) is 30.5. The summed E-state index contributed by atoms with van der Waals surface area (Å²) in [7, 11) is 0. The van der Waals surface area contributed by atoms with Crippen molar-refractivity contribution in [2.45, 2.75) is 39.3 Å². The van der Waals surface area contributed by atoms with Gasteiger partial charge < -0.3 is 9.04 Å². The number of aryl methyl sites for hydroxylation is 1. The van der Waals surface area contributed by atoms with Gasteiger partial charge in [0.15, 0.2) is 0 Å². The van der Waals surface area contributed by atoms with E-state index in [1.807, 2.05) is 52.8 Å². The average Bonchev–Trinajstić information content (AvgIpc) is 3.69. The van der Waals surface area contributed by atoms with Crippen LogP contribution in [-0.4, -0.2) is 34.1 Å². The molecule has 1 aliphatic carbocycles. The number of carbonyl (C=O) groups is 2. The van der Waals surface area contributed by atoms with E-state index in [0.29, 0.717) is 47.5 Å². The third kappa shape index (κ3) is 9.56. The van der Waals surface area contributed by atoms with Crippen LogP contribution < -0.4 is 5.48 Å². The number of nitrogens with zero attached hydrogens (tertiary/aromatic N) is 2. The molecular formula is C25H29Cl2IN3O4PS. The number of ether oxygens (including phenoxy) is 1. The summed E-state index contributed by atoms with van der Waals surface area (Å²) in [6.45, 7) is 6.10. The maximum absolute atomic E-state index is 13.0. The topological polar surface area (TPSA) is 71.1 Å². The van der Waals surface area contributed by atoms with Crippen LogP contribution in [0.3, 0.4) is 0 Å². The van der Waals surface area contributed by atoms with Crippen molar-refractivity contribution in [2.75, 3.05) is 13.2 Å². The van der Waals surface area contributed by atoms with Crippen molar-refractivity contribution in [3.63, 3.8) is 0 Å². The number of rotatable bonds is 10. The zero-order valence-electron chi connectivity index (χ0n) is 20.5. The molecule has 1 heterocycles. The van der Waals surface area contributed by atoms with Crippen molar-refractivity contribution >= 4 is 76.2 Å². The van der Waals surface area contributed by atoms with Crippen LogP contribution in [0.15, 0.2) is 54.2 Å². The van der Waals surface area contributed by atoms with Gasteiger partial charge in [-0.15, -0.1) is 0 Å². The number of benzene rings is 2. The predicted octanol–water partition coefficient (Wildman–Crippen LogP) is 7.19. The lowest BCUT2D eigenvalue weighted by Gasteiger charge is -2.40. The van der Waals surface area contributed by atoms with Crippen LogP contribution in [0.2, 0.25) is 10.0 Å². The fourth-order valence-corrected chi connectivity index (χ4v) is 5.92. The second kappa shape index (κ2) is 15.5. The Balaban J connectivity index is 0.000000568. The van der Waals surface area contributed by atoms with Gasteiger partial charge in [-0.2, -0.15) is 0 Å². The molecule has 2 unspecified atom stereocenters. The Bertz CT molecular complexity index is 1090. The highest BCUT2D eigenvalue weighted by Crippen LogP contribution is 2.46. The van der Waals surface area contributed by atoms with Crippen LogP contribution in [-0.2, 0) is 25.5 Å². The second-order valence-electron chi connectivity index (χ2n) is 8.47. The minimum atomic E-state index is -0.312. The predicted molar refractivity (Wildman–Crippen MR) is 160 cm³/mol. The Hall–Kier alpha value is -1.07. The van der Waals surface area contributed by atoms with Crippen LogP contribution in [0.5, 0.6) is 0 Å². The van der Waals surface area contributed by atoms with Crippen molar-refractivity contribution in [1.29, 1.82) is 0 Å². The highest BCUT2D eigenvalue weighted by molar-refractivity contribution is 14.2. The summed E-state index contributed by atoms with van der Waals surface area (Å²) in [4.78, 5) is 22.4. The van der Waals surface area contributed by atoms with Crippen molar-refractivity contribution in [3.05, 3.63) is 81.0 Å². The fraction of sp³-hybridized carbons (Fsp3) is 0.360. The smallest absolute Gasteiger partial charge is 0.337 e. The standard InChI is InChI=1S/C24H26Cl2N2O2S.CH3INO2P/c1-3-30-24(29)21-15-27(13-17-6-4-16(2)5-7-17)31-28(14-18-8-9-18)23(21)20-11-10-19(25)12-22(20)26;2-6-5-3-1-4/h4-7,10-12,15,18,23H,3,8-9,13-14H2,1-2H3;1,6H,(H,3,4). The van der Waals surface area contributed by atoms with Crippen molar-refractivity contribution in [2.24, 2.45) is 5.92 Å². The summed E-state index contributed by atoms with van der Waals surface area (Å²) in [5.74, 6) is 0.331. The van der Waals surface area contributed by atoms with E-state index in [-0.39, 0.29) is 12.0 Å². The molecule has 1 saturated carbocycles. The average molecular weight is 696 g/mol. The lowest BCUT2D eigenvalue weighted by Crippen LogP contribution is -2.37. The molecule has 0 spiro atoms. The summed E-state index contributed by atoms with van der Waals surface area (Å²) < 4.78 is 14.2. The first-order valence-corrected chi connectivity index (χ1v) is 17.2. The fourth-order valence-electron chi connectivity index (χ4n) is 3.70. The molecule has 2 atom stereocenters. The molecule has 2 aliphatic rings. The third-order valence-electron chi connectivity index (χ3n) is 5.58.